The van der Waals surface area contributed by atoms with Crippen molar-refractivity contribution in [2.75, 3.05) is 13.7 Å². The predicted molar refractivity (Wildman–Crippen MR) is 54.9 cm³/mol. The van der Waals surface area contributed by atoms with Crippen LogP contribution in [0.2, 0.25) is 0 Å². The lowest BCUT2D eigenvalue weighted by Gasteiger charge is -2.10. The number of hydrogen-bond acceptors (Lipinski definition) is 6. The molecule has 2 atom stereocenters. The van der Waals surface area contributed by atoms with Crippen molar-refractivity contribution in [3.63, 3.8) is 0 Å². The standard InChI is InChI=1S/C10H13N3O3/c1-15-10(14)8-4-7(5-12-8)16-9-2-3-11-6-13-9/h2-3,6-8,12H,4-5H2,1H3. The van der Waals surface area contributed by atoms with Crippen LogP contribution in [0.4, 0.5) is 0 Å². The van der Waals surface area contributed by atoms with Gasteiger partial charge in [-0.25, -0.2) is 9.97 Å². The zero-order valence-electron chi connectivity index (χ0n) is 8.92. The molecular formula is C10H13N3O3. The fraction of sp³-hybridized carbons (Fsp3) is 0.500. The Bertz CT molecular complexity index is 358. The maximum absolute atomic E-state index is 11.2. The molecule has 2 heterocycles. The fourth-order valence-electron chi connectivity index (χ4n) is 1.63. The van der Waals surface area contributed by atoms with Crippen molar-refractivity contribution in [2.45, 2.75) is 18.6 Å². The van der Waals surface area contributed by atoms with Crippen LogP contribution in [-0.4, -0.2) is 41.7 Å². The summed E-state index contributed by atoms with van der Waals surface area (Å²) in [6, 6.07) is 1.41. The summed E-state index contributed by atoms with van der Waals surface area (Å²) in [5.74, 6) is 0.265. The quantitative estimate of drug-likeness (QED) is 0.713. The lowest BCUT2D eigenvalue weighted by molar-refractivity contribution is -0.142. The molecule has 0 radical (unpaired) electrons. The molecule has 0 amide bonds. The van der Waals surface area contributed by atoms with Crippen LogP contribution in [0, 0.1) is 0 Å². The van der Waals surface area contributed by atoms with Crippen molar-refractivity contribution in [3.8, 4) is 5.88 Å². The van der Waals surface area contributed by atoms with Gasteiger partial charge in [0.25, 0.3) is 0 Å². The number of nitrogens with zero attached hydrogens (tertiary/aromatic N) is 2. The smallest absolute Gasteiger partial charge is 0.323 e. The van der Waals surface area contributed by atoms with E-state index in [4.69, 9.17) is 4.74 Å². The van der Waals surface area contributed by atoms with Gasteiger partial charge in [0, 0.05) is 25.2 Å². The largest absolute Gasteiger partial charge is 0.473 e. The highest BCUT2D eigenvalue weighted by Crippen LogP contribution is 2.14. The van der Waals surface area contributed by atoms with Gasteiger partial charge >= 0.3 is 5.97 Å². The van der Waals surface area contributed by atoms with Crippen LogP contribution in [-0.2, 0) is 9.53 Å². The first-order chi connectivity index (χ1) is 7.79. The Hall–Kier alpha value is -1.69. The average molecular weight is 223 g/mol. The molecule has 1 aromatic heterocycles. The van der Waals surface area contributed by atoms with E-state index in [9.17, 15) is 4.79 Å². The third kappa shape index (κ3) is 2.46. The number of esters is 1. The van der Waals surface area contributed by atoms with Crippen LogP contribution in [0.15, 0.2) is 18.6 Å². The molecule has 6 nitrogen and oxygen atoms in total. The van der Waals surface area contributed by atoms with Gasteiger partial charge in [-0.1, -0.05) is 0 Å². The van der Waals surface area contributed by atoms with Crippen LogP contribution in [0.1, 0.15) is 6.42 Å². The normalized spacial score (nSPS) is 24.1. The number of carbonyl (C=O) groups is 1. The summed E-state index contributed by atoms with van der Waals surface area (Å²) in [5, 5.41) is 3.03. The summed E-state index contributed by atoms with van der Waals surface area (Å²) in [6.45, 7) is 0.615. The molecule has 0 spiro atoms. The van der Waals surface area contributed by atoms with Gasteiger partial charge in [-0.2, -0.15) is 0 Å². The van der Waals surface area contributed by atoms with E-state index in [1.165, 1.54) is 13.4 Å². The first-order valence-electron chi connectivity index (χ1n) is 5.03. The van der Waals surface area contributed by atoms with Crippen molar-refractivity contribution in [1.82, 2.24) is 15.3 Å². The SMILES string of the molecule is COC(=O)C1CC(Oc2ccncn2)CN1. The summed E-state index contributed by atoms with van der Waals surface area (Å²) >= 11 is 0. The summed E-state index contributed by atoms with van der Waals surface area (Å²) in [7, 11) is 1.38. The number of rotatable bonds is 3. The molecule has 1 saturated heterocycles. The molecule has 1 N–H and O–H groups in total. The minimum Gasteiger partial charge on any atom is -0.473 e. The molecule has 1 aromatic rings. The van der Waals surface area contributed by atoms with Gasteiger partial charge in [-0.15, -0.1) is 0 Å². The maximum Gasteiger partial charge on any atom is 0.323 e. The Morgan fingerprint density at radius 2 is 2.50 bits per heavy atom. The van der Waals surface area contributed by atoms with Crippen molar-refractivity contribution in [3.05, 3.63) is 18.6 Å². The lowest BCUT2D eigenvalue weighted by Crippen LogP contribution is -2.31. The van der Waals surface area contributed by atoms with E-state index in [0.717, 1.165) is 0 Å². The molecule has 0 aliphatic carbocycles. The molecule has 2 unspecified atom stereocenters. The van der Waals surface area contributed by atoms with E-state index in [0.29, 0.717) is 18.8 Å². The lowest BCUT2D eigenvalue weighted by atomic mass is 10.2. The van der Waals surface area contributed by atoms with Gasteiger partial charge in [-0.05, 0) is 0 Å². The first kappa shape index (κ1) is 10.8. The summed E-state index contributed by atoms with van der Waals surface area (Å²) in [6.07, 6.45) is 3.58. The number of ether oxygens (including phenoxy) is 2. The van der Waals surface area contributed by atoms with Gasteiger partial charge in [-0.3, -0.25) is 4.79 Å². The van der Waals surface area contributed by atoms with Crippen LogP contribution in [0.25, 0.3) is 0 Å². The number of nitrogens with one attached hydrogen (secondary N) is 1. The predicted octanol–water partition coefficient (Wildman–Crippen LogP) is -0.241. The van der Waals surface area contributed by atoms with E-state index in [2.05, 4.69) is 20.0 Å². The molecule has 16 heavy (non-hydrogen) atoms. The highest BCUT2D eigenvalue weighted by Gasteiger charge is 2.31. The minimum absolute atomic E-state index is 0.0565. The number of methoxy groups -OCH3 is 1. The Labute approximate surface area is 93.0 Å². The van der Waals surface area contributed by atoms with Gasteiger partial charge in [0.2, 0.25) is 5.88 Å². The van der Waals surface area contributed by atoms with Crippen molar-refractivity contribution >= 4 is 5.97 Å². The van der Waals surface area contributed by atoms with Crippen LogP contribution < -0.4 is 10.1 Å². The Morgan fingerprint density at radius 3 is 3.19 bits per heavy atom. The minimum atomic E-state index is -0.281. The monoisotopic (exact) mass is 223 g/mol. The van der Waals surface area contributed by atoms with Gasteiger partial charge in [0.1, 0.15) is 18.5 Å². The Morgan fingerprint density at radius 1 is 1.62 bits per heavy atom. The second kappa shape index (κ2) is 4.89. The number of hydrogen-bond donors (Lipinski definition) is 1. The molecule has 0 saturated carbocycles. The molecule has 86 valence electrons. The maximum atomic E-state index is 11.2. The summed E-state index contributed by atoms with van der Waals surface area (Å²) < 4.78 is 10.2. The van der Waals surface area contributed by atoms with Crippen molar-refractivity contribution in [1.29, 1.82) is 0 Å². The summed E-state index contributed by atoms with van der Waals surface area (Å²) in [4.78, 5) is 19.0. The van der Waals surface area contributed by atoms with E-state index in [-0.39, 0.29) is 18.1 Å². The summed E-state index contributed by atoms with van der Waals surface area (Å²) in [5.41, 5.74) is 0. The second-order valence-electron chi connectivity index (χ2n) is 3.51. The van der Waals surface area contributed by atoms with Crippen molar-refractivity contribution < 1.29 is 14.3 Å². The third-order valence-corrected chi connectivity index (χ3v) is 2.42. The van der Waals surface area contributed by atoms with E-state index < -0.39 is 0 Å². The zero-order chi connectivity index (χ0) is 11.4. The topological polar surface area (TPSA) is 73.3 Å². The molecule has 0 bridgehead atoms. The highest BCUT2D eigenvalue weighted by molar-refractivity contribution is 5.76. The molecule has 1 fully saturated rings. The van der Waals surface area contributed by atoms with Crippen molar-refractivity contribution in [2.24, 2.45) is 0 Å². The first-order valence-corrected chi connectivity index (χ1v) is 5.03. The number of aromatic nitrogens is 2. The fourth-order valence-corrected chi connectivity index (χ4v) is 1.63. The Balaban J connectivity index is 1.88. The third-order valence-electron chi connectivity index (χ3n) is 2.42. The van der Waals surface area contributed by atoms with E-state index >= 15 is 0 Å². The van der Waals surface area contributed by atoms with Crippen LogP contribution in [0.5, 0.6) is 5.88 Å². The van der Waals surface area contributed by atoms with E-state index in [1.807, 2.05) is 0 Å². The van der Waals surface area contributed by atoms with Crippen LogP contribution >= 0.6 is 0 Å². The Kier molecular flexibility index (Phi) is 3.31. The second-order valence-corrected chi connectivity index (χ2v) is 3.51. The molecule has 1 aliphatic rings. The molecule has 0 aromatic carbocycles. The zero-order valence-corrected chi connectivity index (χ0v) is 8.92. The van der Waals surface area contributed by atoms with Gasteiger partial charge < -0.3 is 14.8 Å². The van der Waals surface area contributed by atoms with E-state index in [1.54, 1.807) is 12.3 Å². The van der Waals surface area contributed by atoms with Crippen LogP contribution in [0.3, 0.4) is 0 Å². The number of carbonyl (C=O) groups excluding carboxylic acids is 1. The molecule has 6 heteroatoms. The van der Waals surface area contributed by atoms with Gasteiger partial charge in [0.15, 0.2) is 0 Å². The van der Waals surface area contributed by atoms with Gasteiger partial charge in [0.05, 0.1) is 7.11 Å². The highest BCUT2D eigenvalue weighted by atomic mass is 16.5. The molecular weight excluding hydrogens is 210 g/mol. The molecule has 1 aliphatic heterocycles. The molecule has 2 rings (SSSR count). The average Bonchev–Trinajstić information content (AvgIpc) is 2.78.